The van der Waals surface area contributed by atoms with Gasteiger partial charge in [-0.05, 0) is 49.8 Å². The van der Waals surface area contributed by atoms with Crippen LogP contribution in [0, 0.1) is 11.8 Å². The first-order chi connectivity index (χ1) is 12.6. The molecular formula is C21H31N3O2. The third-order valence-electron chi connectivity index (χ3n) is 5.97. The van der Waals surface area contributed by atoms with Crippen LogP contribution in [0.2, 0.25) is 0 Å². The van der Waals surface area contributed by atoms with Gasteiger partial charge in [0.1, 0.15) is 0 Å². The zero-order valence-electron chi connectivity index (χ0n) is 15.9. The lowest BCUT2D eigenvalue weighted by atomic mass is 9.87. The number of likely N-dealkylation sites (N-methyl/N-ethyl adjacent to an activating group) is 1. The molecule has 1 aromatic rings. The third-order valence-corrected chi connectivity index (χ3v) is 5.97. The van der Waals surface area contributed by atoms with Crippen LogP contribution in [0.5, 0.6) is 0 Å². The first-order valence-electron chi connectivity index (χ1n) is 10.1. The molecule has 1 aromatic heterocycles. The molecule has 142 valence electrons. The van der Waals surface area contributed by atoms with Crippen molar-refractivity contribution in [3.8, 4) is 0 Å². The first kappa shape index (κ1) is 18.9. The van der Waals surface area contributed by atoms with E-state index in [1.54, 1.807) is 12.4 Å². The van der Waals surface area contributed by atoms with Crippen LogP contribution in [-0.4, -0.2) is 53.3 Å². The van der Waals surface area contributed by atoms with Gasteiger partial charge >= 0.3 is 0 Å². The maximum atomic E-state index is 12.7. The van der Waals surface area contributed by atoms with Crippen LogP contribution in [0.3, 0.4) is 0 Å². The standard InChI is InChI=1S/C21H31N3O2/c1-23(14-9-17-7-12-22-13-8-17)20(25)19-10-15-24(16-11-19)21(26)18-5-3-2-4-6-18/h7-8,12-13,18-19H,2-6,9-11,14-16H2,1H3. The maximum absolute atomic E-state index is 12.7. The Hall–Kier alpha value is -1.91. The molecule has 1 saturated carbocycles. The van der Waals surface area contributed by atoms with Crippen LogP contribution in [0.4, 0.5) is 0 Å². The molecule has 0 N–H and O–H groups in total. The van der Waals surface area contributed by atoms with Crippen molar-refractivity contribution in [2.45, 2.75) is 51.4 Å². The summed E-state index contributed by atoms with van der Waals surface area (Å²) in [6, 6.07) is 3.99. The second-order valence-electron chi connectivity index (χ2n) is 7.80. The Bertz CT molecular complexity index is 591. The van der Waals surface area contributed by atoms with Gasteiger partial charge in [-0.2, -0.15) is 0 Å². The molecule has 26 heavy (non-hydrogen) atoms. The van der Waals surface area contributed by atoms with Crippen LogP contribution >= 0.6 is 0 Å². The molecular weight excluding hydrogens is 326 g/mol. The summed E-state index contributed by atoms with van der Waals surface area (Å²) in [4.78, 5) is 33.2. The molecule has 0 aromatic carbocycles. The van der Waals surface area contributed by atoms with Crippen LogP contribution in [0.25, 0.3) is 0 Å². The second kappa shape index (κ2) is 9.15. The molecule has 0 radical (unpaired) electrons. The Labute approximate surface area is 156 Å². The van der Waals surface area contributed by atoms with Gasteiger partial charge in [0, 0.05) is 50.9 Å². The van der Waals surface area contributed by atoms with Gasteiger partial charge in [0.15, 0.2) is 0 Å². The quantitative estimate of drug-likeness (QED) is 0.814. The number of nitrogens with zero attached hydrogens (tertiary/aromatic N) is 3. The van der Waals surface area contributed by atoms with Gasteiger partial charge in [-0.1, -0.05) is 19.3 Å². The molecule has 3 rings (SSSR count). The van der Waals surface area contributed by atoms with Crippen LogP contribution in [0.1, 0.15) is 50.5 Å². The third kappa shape index (κ3) is 4.83. The molecule has 0 unspecified atom stereocenters. The molecule has 0 spiro atoms. The van der Waals surface area contributed by atoms with Crippen molar-refractivity contribution in [1.82, 2.24) is 14.8 Å². The zero-order valence-corrected chi connectivity index (χ0v) is 15.9. The monoisotopic (exact) mass is 357 g/mol. The lowest BCUT2D eigenvalue weighted by Crippen LogP contribution is -2.45. The van der Waals surface area contributed by atoms with Crippen molar-refractivity contribution < 1.29 is 9.59 Å². The van der Waals surface area contributed by atoms with E-state index in [4.69, 9.17) is 0 Å². The fourth-order valence-corrected chi connectivity index (χ4v) is 4.22. The zero-order chi connectivity index (χ0) is 18.4. The Morgan fingerprint density at radius 3 is 2.35 bits per heavy atom. The largest absolute Gasteiger partial charge is 0.345 e. The predicted molar refractivity (Wildman–Crippen MR) is 101 cm³/mol. The van der Waals surface area contributed by atoms with E-state index in [1.165, 1.54) is 24.8 Å². The summed E-state index contributed by atoms with van der Waals surface area (Å²) in [5.41, 5.74) is 1.20. The van der Waals surface area contributed by atoms with Gasteiger partial charge in [0.05, 0.1) is 0 Å². The van der Waals surface area contributed by atoms with Crippen LogP contribution in [0.15, 0.2) is 24.5 Å². The molecule has 2 fully saturated rings. The Balaban J connectivity index is 1.43. The number of aromatic nitrogens is 1. The minimum atomic E-state index is 0.0628. The molecule has 1 saturated heterocycles. The van der Waals surface area contributed by atoms with E-state index < -0.39 is 0 Å². The fraction of sp³-hybridized carbons (Fsp3) is 0.667. The lowest BCUT2D eigenvalue weighted by molar-refractivity contribution is -0.142. The van der Waals surface area contributed by atoms with Crippen molar-refractivity contribution in [1.29, 1.82) is 0 Å². The van der Waals surface area contributed by atoms with Gasteiger partial charge in [-0.25, -0.2) is 0 Å². The van der Waals surface area contributed by atoms with E-state index >= 15 is 0 Å². The summed E-state index contributed by atoms with van der Waals surface area (Å²) in [5.74, 6) is 0.859. The molecule has 5 nitrogen and oxygen atoms in total. The smallest absolute Gasteiger partial charge is 0.225 e. The van der Waals surface area contributed by atoms with Crippen molar-refractivity contribution in [2.75, 3.05) is 26.7 Å². The van der Waals surface area contributed by atoms with Crippen molar-refractivity contribution in [2.24, 2.45) is 11.8 Å². The van der Waals surface area contributed by atoms with E-state index in [-0.39, 0.29) is 17.7 Å². The summed E-state index contributed by atoms with van der Waals surface area (Å²) in [6.07, 6.45) is 11.8. The fourth-order valence-electron chi connectivity index (χ4n) is 4.22. The van der Waals surface area contributed by atoms with E-state index in [0.29, 0.717) is 5.91 Å². The summed E-state index contributed by atoms with van der Waals surface area (Å²) in [6.45, 7) is 2.21. The number of amides is 2. The predicted octanol–water partition coefficient (Wildman–Crippen LogP) is 2.90. The molecule has 2 heterocycles. The average molecular weight is 357 g/mol. The Morgan fingerprint density at radius 2 is 1.69 bits per heavy atom. The topological polar surface area (TPSA) is 53.5 Å². The van der Waals surface area contributed by atoms with E-state index in [9.17, 15) is 9.59 Å². The van der Waals surface area contributed by atoms with E-state index in [0.717, 1.165) is 51.7 Å². The van der Waals surface area contributed by atoms with Gasteiger partial charge in [0.25, 0.3) is 0 Å². The lowest BCUT2D eigenvalue weighted by Gasteiger charge is -2.35. The highest BCUT2D eigenvalue weighted by Crippen LogP contribution is 2.28. The molecule has 2 aliphatic rings. The van der Waals surface area contributed by atoms with Gasteiger partial charge < -0.3 is 9.80 Å². The first-order valence-corrected chi connectivity index (χ1v) is 10.1. The molecule has 1 aliphatic heterocycles. The number of piperidine rings is 1. The van der Waals surface area contributed by atoms with Gasteiger partial charge in [-0.15, -0.1) is 0 Å². The van der Waals surface area contributed by atoms with Crippen LogP contribution < -0.4 is 0 Å². The van der Waals surface area contributed by atoms with Crippen molar-refractivity contribution in [3.05, 3.63) is 30.1 Å². The number of rotatable bonds is 5. The highest BCUT2D eigenvalue weighted by molar-refractivity contribution is 5.81. The maximum Gasteiger partial charge on any atom is 0.225 e. The highest BCUT2D eigenvalue weighted by Gasteiger charge is 2.32. The minimum absolute atomic E-state index is 0.0628. The number of hydrogen-bond acceptors (Lipinski definition) is 3. The number of pyridine rings is 1. The number of hydrogen-bond donors (Lipinski definition) is 0. The number of carbonyl (C=O) groups excluding carboxylic acids is 2. The normalized spacial score (nSPS) is 19.3. The number of carbonyl (C=O) groups is 2. The van der Waals surface area contributed by atoms with Crippen molar-refractivity contribution >= 4 is 11.8 Å². The van der Waals surface area contributed by atoms with Gasteiger partial charge in [0.2, 0.25) is 11.8 Å². The molecule has 5 heteroatoms. The SMILES string of the molecule is CN(CCc1ccncc1)C(=O)C1CCN(C(=O)C2CCCCC2)CC1. The Kier molecular flexibility index (Phi) is 6.64. The minimum Gasteiger partial charge on any atom is -0.345 e. The highest BCUT2D eigenvalue weighted by atomic mass is 16.2. The number of likely N-dealkylation sites (tertiary alicyclic amines) is 1. The summed E-state index contributed by atoms with van der Waals surface area (Å²) in [7, 11) is 1.89. The molecule has 1 aliphatic carbocycles. The molecule has 0 bridgehead atoms. The van der Waals surface area contributed by atoms with Crippen LogP contribution in [-0.2, 0) is 16.0 Å². The van der Waals surface area contributed by atoms with E-state index in [1.807, 2.05) is 29.0 Å². The summed E-state index contributed by atoms with van der Waals surface area (Å²) in [5, 5.41) is 0. The Morgan fingerprint density at radius 1 is 1.04 bits per heavy atom. The van der Waals surface area contributed by atoms with Gasteiger partial charge in [-0.3, -0.25) is 14.6 Å². The second-order valence-corrected chi connectivity index (χ2v) is 7.80. The summed E-state index contributed by atoms with van der Waals surface area (Å²) < 4.78 is 0. The van der Waals surface area contributed by atoms with Crippen molar-refractivity contribution in [3.63, 3.8) is 0 Å². The van der Waals surface area contributed by atoms with E-state index in [2.05, 4.69) is 4.98 Å². The average Bonchev–Trinajstić information content (AvgIpc) is 2.72. The molecule has 0 atom stereocenters. The molecule has 2 amide bonds. The summed E-state index contributed by atoms with van der Waals surface area (Å²) >= 11 is 0.